The third-order valence-electron chi connectivity index (χ3n) is 5.47. The standard InChI is InChI=1S/C21H23FN6/c1-13-20(22)16(7-18-21(13)25-12-28(18)9-14-3-4-14)26-19-6-5-15(8-23-19)17-10-27(2)11-24-17/h5-8,10-11,14,25H,3-4,9,12H2,1-2H3,(H,23,26). The van der Waals surface area contributed by atoms with Crippen molar-refractivity contribution in [3.05, 3.63) is 48.3 Å². The summed E-state index contributed by atoms with van der Waals surface area (Å²) in [5.74, 6) is 1.14. The Morgan fingerprint density at radius 3 is 2.82 bits per heavy atom. The summed E-state index contributed by atoms with van der Waals surface area (Å²) in [6.07, 6.45) is 8.04. The van der Waals surface area contributed by atoms with E-state index < -0.39 is 0 Å². The highest BCUT2D eigenvalue weighted by Gasteiger charge is 2.30. The van der Waals surface area contributed by atoms with E-state index in [1.54, 1.807) is 12.5 Å². The predicted octanol–water partition coefficient (Wildman–Crippen LogP) is 4.27. The van der Waals surface area contributed by atoms with E-state index in [-0.39, 0.29) is 5.82 Å². The zero-order valence-electron chi connectivity index (χ0n) is 16.0. The van der Waals surface area contributed by atoms with Crippen molar-refractivity contribution in [2.75, 3.05) is 28.7 Å². The lowest BCUT2D eigenvalue weighted by molar-refractivity contribution is 0.623. The fourth-order valence-corrected chi connectivity index (χ4v) is 3.69. The molecule has 28 heavy (non-hydrogen) atoms. The van der Waals surface area contributed by atoms with Crippen molar-refractivity contribution < 1.29 is 4.39 Å². The van der Waals surface area contributed by atoms with Crippen LogP contribution < -0.4 is 15.5 Å². The number of rotatable bonds is 5. The minimum atomic E-state index is -0.241. The topological polar surface area (TPSA) is 58.0 Å². The van der Waals surface area contributed by atoms with Crippen molar-refractivity contribution in [1.82, 2.24) is 14.5 Å². The monoisotopic (exact) mass is 378 g/mol. The van der Waals surface area contributed by atoms with Crippen LogP contribution in [0.2, 0.25) is 0 Å². The molecule has 2 N–H and O–H groups in total. The zero-order chi connectivity index (χ0) is 19.3. The van der Waals surface area contributed by atoms with Crippen molar-refractivity contribution in [2.45, 2.75) is 19.8 Å². The fraction of sp³-hybridized carbons (Fsp3) is 0.333. The molecule has 7 heteroatoms. The van der Waals surface area contributed by atoms with E-state index in [4.69, 9.17) is 0 Å². The van der Waals surface area contributed by atoms with Gasteiger partial charge in [0.25, 0.3) is 0 Å². The average molecular weight is 378 g/mol. The van der Waals surface area contributed by atoms with Crippen LogP contribution in [0.1, 0.15) is 18.4 Å². The molecule has 0 unspecified atom stereocenters. The van der Waals surface area contributed by atoms with Gasteiger partial charge in [0.1, 0.15) is 5.82 Å². The Labute approximate surface area is 163 Å². The smallest absolute Gasteiger partial charge is 0.151 e. The van der Waals surface area contributed by atoms with Gasteiger partial charge < -0.3 is 20.1 Å². The van der Waals surface area contributed by atoms with Gasteiger partial charge in [-0.2, -0.15) is 0 Å². The molecular weight excluding hydrogens is 355 g/mol. The maximum absolute atomic E-state index is 14.9. The summed E-state index contributed by atoms with van der Waals surface area (Å²) in [5, 5.41) is 6.49. The van der Waals surface area contributed by atoms with Crippen LogP contribution >= 0.6 is 0 Å². The first kappa shape index (κ1) is 17.0. The molecule has 0 saturated heterocycles. The molecule has 0 bridgehead atoms. The van der Waals surface area contributed by atoms with Crippen LogP contribution in [-0.4, -0.2) is 27.7 Å². The average Bonchev–Trinajstić information content (AvgIpc) is 3.27. The highest BCUT2D eigenvalue weighted by molar-refractivity contribution is 5.83. The van der Waals surface area contributed by atoms with Crippen molar-refractivity contribution in [1.29, 1.82) is 0 Å². The SMILES string of the molecule is Cc1c(F)c(Nc2ccc(-c3cn(C)cn3)cn2)cc2c1NCN2CC1CC1. The number of aryl methyl sites for hydroxylation is 1. The van der Waals surface area contributed by atoms with E-state index in [1.807, 2.05) is 42.9 Å². The number of anilines is 4. The molecule has 2 aromatic heterocycles. The van der Waals surface area contributed by atoms with Gasteiger partial charge in [0.05, 0.1) is 35.8 Å². The van der Waals surface area contributed by atoms with Crippen molar-refractivity contribution in [3.63, 3.8) is 0 Å². The quantitative estimate of drug-likeness (QED) is 0.694. The molecule has 3 heterocycles. The second-order valence-corrected chi connectivity index (χ2v) is 7.74. The van der Waals surface area contributed by atoms with Gasteiger partial charge in [-0.1, -0.05) is 0 Å². The fourth-order valence-electron chi connectivity index (χ4n) is 3.69. The lowest BCUT2D eigenvalue weighted by atomic mass is 10.1. The number of hydrogen-bond acceptors (Lipinski definition) is 5. The number of pyridine rings is 1. The first-order chi connectivity index (χ1) is 13.6. The molecular formula is C21H23FN6. The minimum Gasteiger partial charge on any atom is -0.366 e. The maximum Gasteiger partial charge on any atom is 0.151 e. The van der Waals surface area contributed by atoms with Gasteiger partial charge in [-0.25, -0.2) is 14.4 Å². The molecule has 5 rings (SSSR count). The maximum atomic E-state index is 14.9. The van der Waals surface area contributed by atoms with Crippen molar-refractivity contribution >= 4 is 22.9 Å². The minimum absolute atomic E-state index is 0.241. The van der Waals surface area contributed by atoms with E-state index in [9.17, 15) is 4.39 Å². The van der Waals surface area contributed by atoms with Gasteiger partial charge in [0, 0.05) is 37.1 Å². The number of nitrogens with zero attached hydrogens (tertiary/aromatic N) is 4. The molecule has 2 aliphatic rings. The van der Waals surface area contributed by atoms with Crippen LogP contribution in [-0.2, 0) is 7.05 Å². The number of halogens is 1. The molecule has 0 amide bonds. The first-order valence-corrected chi connectivity index (χ1v) is 9.62. The molecule has 1 aromatic carbocycles. The lowest BCUT2D eigenvalue weighted by Gasteiger charge is -2.19. The Kier molecular flexibility index (Phi) is 3.96. The van der Waals surface area contributed by atoms with Crippen LogP contribution in [0.3, 0.4) is 0 Å². The summed E-state index contributed by atoms with van der Waals surface area (Å²) in [4.78, 5) is 11.1. The molecule has 6 nitrogen and oxygen atoms in total. The van der Waals surface area contributed by atoms with E-state index in [0.717, 1.165) is 41.8 Å². The number of aromatic nitrogens is 3. The summed E-state index contributed by atoms with van der Waals surface area (Å²) in [5.41, 5.74) is 4.86. The highest BCUT2D eigenvalue weighted by Crippen LogP contribution is 2.42. The van der Waals surface area contributed by atoms with Gasteiger partial charge in [0.15, 0.2) is 5.82 Å². The summed E-state index contributed by atoms with van der Waals surface area (Å²) in [6.45, 7) is 3.60. The highest BCUT2D eigenvalue weighted by atomic mass is 19.1. The second-order valence-electron chi connectivity index (χ2n) is 7.74. The van der Waals surface area contributed by atoms with Crippen LogP contribution in [0.5, 0.6) is 0 Å². The van der Waals surface area contributed by atoms with Gasteiger partial charge in [-0.3, -0.25) is 0 Å². The molecule has 3 aromatic rings. The third kappa shape index (κ3) is 3.06. The molecule has 0 spiro atoms. The molecule has 1 aliphatic carbocycles. The Balaban J connectivity index is 1.41. The lowest BCUT2D eigenvalue weighted by Crippen LogP contribution is -2.25. The second kappa shape index (κ2) is 6.51. The number of hydrogen-bond donors (Lipinski definition) is 2. The number of imidazole rings is 1. The molecule has 0 atom stereocenters. The third-order valence-corrected chi connectivity index (χ3v) is 5.47. The Bertz CT molecular complexity index is 1020. The van der Waals surface area contributed by atoms with Crippen molar-refractivity contribution in [3.8, 4) is 11.3 Å². The van der Waals surface area contributed by atoms with Crippen LogP contribution in [0.15, 0.2) is 36.9 Å². The van der Waals surface area contributed by atoms with E-state index >= 15 is 0 Å². The van der Waals surface area contributed by atoms with Crippen LogP contribution in [0.25, 0.3) is 11.3 Å². The Morgan fingerprint density at radius 1 is 1.29 bits per heavy atom. The molecule has 1 aliphatic heterocycles. The van der Waals surface area contributed by atoms with Gasteiger partial charge in [0.2, 0.25) is 0 Å². The van der Waals surface area contributed by atoms with Crippen LogP contribution in [0, 0.1) is 18.7 Å². The first-order valence-electron chi connectivity index (χ1n) is 9.62. The van der Waals surface area contributed by atoms with Gasteiger partial charge in [-0.05, 0) is 43.9 Å². The summed E-state index contributed by atoms with van der Waals surface area (Å²) in [6, 6.07) is 5.69. The Morgan fingerprint density at radius 2 is 2.14 bits per heavy atom. The molecule has 144 valence electrons. The largest absolute Gasteiger partial charge is 0.366 e. The number of fused-ring (bicyclic) bond motifs is 1. The summed E-state index contributed by atoms with van der Waals surface area (Å²) < 4.78 is 16.8. The summed E-state index contributed by atoms with van der Waals surface area (Å²) >= 11 is 0. The number of nitrogens with one attached hydrogen (secondary N) is 2. The number of benzene rings is 1. The Hall–Kier alpha value is -3.09. The van der Waals surface area contributed by atoms with E-state index in [1.165, 1.54) is 12.8 Å². The van der Waals surface area contributed by atoms with E-state index in [2.05, 4.69) is 25.5 Å². The zero-order valence-corrected chi connectivity index (χ0v) is 16.0. The summed E-state index contributed by atoms with van der Waals surface area (Å²) in [7, 11) is 1.93. The van der Waals surface area contributed by atoms with E-state index in [0.29, 0.717) is 17.1 Å². The van der Waals surface area contributed by atoms with Crippen LogP contribution in [0.4, 0.5) is 27.3 Å². The van der Waals surface area contributed by atoms with Gasteiger partial charge >= 0.3 is 0 Å². The predicted molar refractivity (Wildman–Crippen MR) is 109 cm³/mol. The normalized spacial score (nSPS) is 15.5. The molecule has 1 saturated carbocycles. The molecule has 0 radical (unpaired) electrons. The van der Waals surface area contributed by atoms with Gasteiger partial charge in [-0.15, -0.1) is 0 Å². The van der Waals surface area contributed by atoms with Crippen molar-refractivity contribution in [2.24, 2.45) is 13.0 Å². The molecule has 1 fully saturated rings.